The molecule has 3 heteroatoms. The number of thioether (sulfide) groups is 1. The topological polar surface area (TPSA) is 33.1 Å². The molecular formula is C13H13NOS. The Bertz CT molecular complexity index is 427. The minimum absolute atomic E-state index is 0.109. The van der Waals surface area contributed by atoms with E-state index in [1.165, 1.54) is 10.5 Å². The van der Waals surface area contributed by atoms with E-state index in [2.05, 4.69) is 17.1 Å². The van der Waals surface area contributed by atoms with E-state index in [9.17, 15) is 0 Å². The van der Waals surface area contributed by atoms with E-state index in [1.54, 1.807) is 24.2 Å². The van der Waals surface area contributed by atoms with Gasteiger partial charge in [0, 0.05) is 23.0 Å². The number of nitrogens with zero attached hydrogens (tertiary/aromatic N) is 1. The Balaban J connectivity index is 1.94. The van der Waals surface area contributed by atoms with Gasteiger partial charge in [0.05, 0.1) is 6.61 Å². The van der Waals surface area contributed by atoms with E-state index in [0.29, 0.717) is 0 Å². The molecule has 1 heterocycles. The van der Waals surface area contributed by atoms with Gasteiger partial charge in [-0.05, 0) is 23.3 Å². The number of rotatable bonds is 4. The molecule has 0 spiro atoms. The number of hydrogen-bond donors (Lipinski definition) is 1. The molecule has 0 aliphatic rings. The zero-order chi connectivity index (χ0) is 11.2. The number of aliphatic hydroxyl groups excluding tert-OH is 1. The minimum atomic E-state index is 0.109. The largest absolute Gasteiger partial charge is 0.392 e. The average molecular weight is 231 g/mol. The molecule has 2 nitrogen and oxygen atoms in total. The van der Waals surface area contributed by atoms with Crippen LogP contribution in [0.25, 0.3) is 0 Å². The van der Waals surface area contributed by atoms with Crippen molar-refractivity contribution in [1.82, 2.24) is 4.98 Å². The zero-order valence-electron chi connectivity index (χ0n) is 8.84. The molecule has 1 aromatic heterocycles. The molecule has 2 rings (SSSR count). The highest BCUT2D eigenvalue weighted by molar-refractivity contribution is 7.98. The number of aliphatic hydroxyl groups is 1. The molecule has 0 saturated heterocycles. The van der Waals surface area contributed by atoms with Gasteiger partial charge in [0.2, 0.25) is 0 Å². The van der Waals surface area contributed by atoms with Crippen LogP contribution in [0.2, 0.25) is 0 Å². The predicted octanol–water partition coefficient (Wildman–Crippen LogP) is 2.87. The molecule has 0 unspecified atom stereocenters. The molecule has 82 valence electrons. The number of aromatic nitrogens is 1. The molecule has 1 aromatic carbocycles. The van der Waals surface area contributed by atoms with Crippen LogP contribution in [-0.4, -0.2) is 10.1 Å². The summed E-state index contributed by atoms with van der Waals surface area (Å²) in [5.74, 6) is 0.940. The third-order valence-corrected chi connectivity index (χ3v) is 3.34. The molecule has 0 aliphatic carbocycles. The molecular weight excluding hydrogens is 218 g/mol. The minimum Gasteiger partial charge on any atom is -0.392 e. The Morgan fingerprint density at radius 1 is 0.938 bits per heavy atom. The van der Waals surface area contributed by atoms with Gasteiger partial charge < -0.3 is 5.11 Å². The lowest BCUT2D eigenvalue weighted by atomic mass is 10.2. The smallest absolute Gasteiger partial charge is 0.0681 e. The highest BCUT2D eigenvalue weighted by atomic mass is 32.2. The van der Waals surface area contributed by atoms with Gasteiger partial charge in [-0.1, -0.05) is 24.3 Å². The molecule has 0 amide bonds. The third kappa shape index (κ3) is 3.08. The highest BCUT2D eigenvalue weighted by Crippen LogP contribution is 2.21. The van der Waals surface area contributed by atoms with E-state index in [0.717, 1.165) is 11.3 Å². The quantitative estimate of drug-likeness (QED) is 0.821. The number of benzene rings is 1. The van der Waals surface area contributed by atoms with Crippen LogP contribution in [0.5, 0.6) is 0 Å². The Morgan fingerprint density at radius 3 is 2.19 bits per heavy atom. The molecule has 2 aromatic rings. The lowest BCUT2D eigenvalue weighted by Crippen LogP contribution is -1.85. The summed E-state index contributed by atoms with van der Waals surface area (Å²) in [5, 5.41) is 8.92. The van der Waals surface area contributed by atoms with Crippen LogP contribution in [0.1, 0.15) is 11.1 Å². The van der Waals surface area contributed by atoms with Gasteiger partial charge in [-0.15, -0.1) is 11.8 Å². The summed E-state index contributed by atoms with van der Waals surface area (Å²) >= 11 is 1.78. The Labute approximate surface area is 99.4 Å². The van der Waals surface area contributed by atoms with Gasteiger partial charge in [0.1, 0.15) is 0 Å². The van der Waals surface area contributed by atoms with Crippen molar-refractivity contribution in [3.8, 4) is 0 Å². The summed E-state index contributed by atoms with van der Waals surface area (Å²) in [4.78, 5) is 5.21. The van der Waals surface area contributed by atoms with Crippen molar-refractivity contribution in [2.24, 2.45) is 0 Å². The lowest BCUT2D eigenvalue weighted by Gasteiger charge is -2.02. The van der Waals surface area contributed by atoms with Crippen LogP contribution in [0.15, 0.2) is 53.7 Å². The summed E-state index contributed by atoms with van der Waals surface area (Å²) in [6.07, 6.45) is 3.61. The Morgan fingerprint density at radius 2 is 1.56 bits per heavy atom. The fourth-order valence-corrected chi connectivity index (χ4v) is 2.18. The van der Waals surface area contributed by atoms with Crippen molar-refractivity contribution < 1.29 is 5.11 Å². The molecule has 0 bridgehead atoms. The summed E-state index contributed by atoms with van der Waals surface area (Å²) in [7, 11) is 0. The van der Waals surface area contributed by atoms with Gasteiger partial charge >= 0.3 is 0 Å². The predicted molar refractivity (Wildman–Crippen MR) is 66.2 cm³/mol. The summed E-state index contributed by atoms with van der Waals surface area (Å²) in [6.45, 7) is 0.109. The first kappa shape index (κ1) is 11.2. The van der Waals surface area contributed by atoms with Crippen molar-refractivity contribution in [1.29, 1.82) is 0 Å². The number of pyridine rings is 1. The van der Waals surface area contributed by atoms with Crippen LogP contribution in [0, 0.1) is 0 Å². The second kappa shape index (κ2) is 5.68. The highest BCUT2D eigenvalue weighted by Gasteiger charge is 1.96. The van der Waals surface area contributed by atoms with Crippen molar-refractivity contribution in [3.63, 3.8) is 0 Å². The van der Waals surface area contributed by atoms with Gasteiger partial charge in [0.15, 0.2) is 0 Å². The van der Waals surface area contributed by atoms with E-state index < -0.39 is 0 Å². The SMILES string of the molecule is OCc1ccc(CSc2ccncc2)cc1. The first-order valence-electron chi connectivity index (χ1n) is 5.10. The van der Waals surface area contributed by atoms with Crippen LogP contribution in [0.4, 0.5) is 0 Å². The molecule has 0 atom stereocenters. The van der Waals surface area contributed by atoms with E-state index in [1.807, 2.05) is 24.3 Å². The van der Waals surface area contributed by atoms with Crippen LogP contribution in [-0.2, 0) is 12.4 Å². The monoisotopic (exact) mass is 231 g/mol. The van der Waals surface area contributed by atoms with Crippen LogP contribution < -0.4 is 0 Å². The maximum atomic E-state index is 8.92. The standard InChI is InChI=1S/C13H13NOS/c15-9-11-1-3-12(4-2-11)10-16-13-5-7-14-8-6-13/h1-8,15H,9-10H2. The first-order chi connectivity index (χ1) is 7.88. The molecule has 1 N–H and O–H groups in total. The van der Waals surface area contributed by atoms with Gasteiger partial charge in [-0.25, -0.2) is 0 Å². The van der Waals surface area contributed by atoms with Gasteiger partial charge in [-0.2, -0.15) is 0 Å². The molecule has 16 heavy (non-hydrogen) atoms. The van der Waals surface area contributed by atoms with E-state index >= 15 is 0 Å². The van der Waals surface area contributed by atoms with Gasteiger partial charge in [-0.3, -0.25) is 4.98 Å². The second-order valence-electron chi connectivity index (χ2n) is 3.45. The maximum absolute atomic E-state index is 8.92. The summed E-state index contributed by atoms with van der Waals surface area (Å²) in [6, 6.07) is 12.0. The fourth-order valence-electron chi connectivity index (χ4n) is 1.34. The third-order valence-electron chi connectivity index (χ3n) is 2.26. The molecule has 0 radical (unpaired) electrons. The van der Waals surface area contributed by atoms with E-state index in [4.69, 9.17) is 5.11 Å². The van der Waals surface area contributed by atoms with Crippen molar-refractivity contribution >= 4 is 11.8 Å². The Kier molecular flexibility index (Phi) is 3.97. The van der Waals surface area contributed by atoms with E-state index in [-0.39, 0.29) is 6.61 Å². The molecule has 0 saturated carbocycles. The maximum Gasteiger partial charge on any atom is 0.0681 e. The lowest BCUT2D eigenvalue weighted by molar-refractivity contribution is 0.282. The average Bonchev–Trinajstić information content (AvgIpc) is 2.38. The van der Waals surface area contributed by atoms with Crippen molar-refractivity contribution in [3.05, 3.63) is 59.9 Å². The first-order valence-corrected chi connectivity index (χ1v) is 6.08. The van der Waals surface area contributed by atoms with Crippen molar-refractivity contribution in [2.75, 3.05) is 0 Å². The van der Waals surface area contributed by atoms with Gasteiger partial charge in [0.25, 0.3) is 0 Å². The molecule has 0 fully saturated rings. The Hall–Kier alpha value is -1.32. The number of hydrogen-bond acceptors (Lipinski definition) is 3. The normalized spacial score (nSPS) is 10.3. The van der Waals surface area contributed by atoms with Crippen LogP contribution >= 0.6 is 11.8 Å². The van der Waals surface area contributed by atoms with Crippen LogP contribution in [0.3, 0.4) is 0 Å². The molecule has 0 aliphatic heterocycles. The second-order valence-corrected chi connectivity index (χ2v) is 4.49. The summed E-state index contributed by atoms with van der Waals surface area (Å²) in [5.41, 5.74) is 2.22. The zero-order valence-corrected chi connectivity index (χ0v) is 9.65. The fraction of sp³-hybridized carbons (Fsp3) is 0.154. The summed E-state index contributed by atoms with van der Waals surface area (Å²) < 4.78 is 0. The van der Waals surface area contributed by atoms with Crippen molar-refractivity contribution in [2.45, 2.75) is 17.3 Å².